The molecular weight excluding hydrogens is 273 g/mol. The maximum Gasteiger partial charge on any atom is 0.201 e. The van der Waals surface area contributed by atoms with E-state index in [1.807, 2.05) is 0 Å². The fraction of sp³-hybridized carbons (Fsp3) is 0.182. The molecule has 0 bridgehead atoms. The molecule has 1 aromatic rings. The van der Waals surface area contributed by atoms with Gasteiger partial charge in [-0.05, 0) is 13.0 Å². The third-order valence-electron chi connectivity index (χ3n) is 1.94. The highest BCUT2D eigenvalue weighted by molar-refractivity contribution is 6.45. The zero-order valence-corrected chi connectivity index (χ0v) is 10.8. The summed E-state index contributed by atoms with van der Waals surface area (Å²) < 4.78 is 18.7. The minimum absolute atomic E-state index is 0.0502. The Hall–Kier alpha value is -2.33. The molecule has 0 saturated carbocycles. The fourth-order valence-corrected chi connectivity index (χ4v) is 1.43. The van der Waals surface area contributed by atoms with E-state index in [9.17, 15) is 4.39 Å². The molecule has 8 heteroatoms. The quantitative estimate of drug-likeness (QED) is 0.437. The van der Waals surface area contributed by atoms with Crippen molar-refractivity contribution in [2.24, 2.45) is 10.8 Å². The lowest BCUT2D eigenvalue weighted by Crippen LogP contribution is -2.21. The number of hydrazone groups is 1. The number of ether oxygens (including phenoxy) is 1. The fourth-order valence-electron chi connectivity index (χ4n) is 1.17. The van der Waals surface area contributed by atoms with Gasteiger partial charge in [0.1, 0.15) is 6.07 Å². The average Bonchev–Trinajstić information content (AvgIpc) is 2.34. The van der Waals surface area contributed by atoms with Gasteiger partial charge in [-0.1, -0.05) is 11.6 Å². The predicted molar refractivity (Wildman–Crippen MR) is 71.2 cm³/mol. The largest absolute Gasteiger partial charge is 0.489 e. The van der Waals surface area contributed by atoms with Gasteiger partial charge in [0.25, 0.3) is 0 Å². The van der Waals surface area contributed by atoms with Gasteiger partial charge in [0.15, 0.2) is 17.4 Å². The number of amidine groups is 1. The molecule has 0 spiro atoms. The van der Waals surface area contributed by atoms with Crippen LogP contribution in [0.25, 0.3) is 0 Å². The normalized spacial score (nSPS) is 10.7. The zero-order chi connectivity index (χ0) is 14.4. The lowest BCUT2D eigenvalue weighted by molar-refractivity contribution is 0.322. The van der Waals surface area contributed by atoms with E-state index in [1.165, 1.54) is 6.07 Å². The minimum Gasteiger partial charge on any atom is -0.489 e. The molecule has 19 heavy (non-hydrogen) atoms. The van der Waals surface area contributed by atoms with Crippen LogP contribution in [0.2, 0.25) is 5.02 Å². The van der Waals surface area contributed by atoms with Gasteiger partial charge in [-0.15, -0.1) is 0 Å². The third-order valence-corrected chi connectivity index (χ3v) is 2.23. The number of nitrogens with zero attached hydrogens (tertiary/aromatic N) is 2. The molecule has 0 aromatic heterocycles. The molecule has 1 aromatic carbocycles. The summed E-state index contributed by atoms with van der Waals surface area (Å²) in [7, 11) is 0. The van der Waals surface area contributed by atoms with E-state index < -0.39 is 11.7 Å². The molecule has 0 saturated heterocycles. The summed E-state index contributed by atoms with van der Waals surface area (Å²) in [4.78, 5) is 0. The molecular formula is C11H11ClFN5O. The molecule has 0 aliphatic carbocycles. The van der Waals surface area contributed by atoms with E-state index in [1.54, 1.807) is 13.0 Å². The maximum absolute atomic E-state index is 13.6. The molecule has 0 unspecified atom stereocenters. The highest BCUT2D eigenvalue weighted by atomic mass is 35.5. The van der Waals surface area contributed by atoms with Crippen LogP contribution in [0.3, 0.4) is 0 Å². The lowest BCUT2D eigenvalue weighted by atomic mass is 10.3. The summed E-state index contributed by atoms with van der Waals surface area (Å²) in [5, 5.41) is 19.3. The van der Waals surface area contributed by atoms with Crippen LogP contribution in [-0.2, 0) is 0 Å². The average molecular weight is 284 g/mol. The number of benzene rings is 1. The summed E-state index contributed by atoms with van der Waals surface area (Å²) >= 11 is 5.84. The predicted octanol–water partition coefficient (Wildman–Crippen LogP) is 2.11. The Balaban J connectivity index is 2.99. The summed E-state index contributed by atoms with van der Waals surface area (Å²) in [6.45, 7) is 1.99. The number of hydrogen-bond acceptors (Lipinski definition) is 5. The van der Waals surface area contributed by atoms with Gasteiger partial charge in [-0.2, -0.15) is 10.4 Å². The molecule has 0 atom stereocenters. The maximum atomic E-state index is 13.6. The lowest BCUT2D eigenvalue weighted by Gasteiger charge is -2.09. The Morgan fingerprint density at radius 1 is 1.68 bits per heavy atom. The molecule has 0 aliphatic heterocycles. The van der Waals surface area contributed by atoms with Crippen LogP contribution in [0.4, 0.5) is 10.1 Å². The monoisotopic (exact) mass is 283 g/mol. The first-order valence-corrected chi connectivity index (χ1v) is 5.57. The first-order valence-electron chi connectivity index (χ1n) is 5.19. The zero-order valence-electron chi connectivity index (χ0n) is 10.00. The van der Waals surface area contributed by atoms with Gasteiger partial charge in [0.05, 0.1) is 17.3 Å². The molecule has 0 fully saturated rings. The Labute approximate surface area is 114 Å². The Morgan fingerprint density at radius 3 is 2.84 bits per heavy atom. The molecule has 100 valence electrons. The van der Waals surface area contributed by atoms with Crippen LogP contribution in [0.5, 0.6) is 5.75 Å². The number of nitrogens with one attached hydrogen (secondary N) is 2. The standard InChI is InChI=1S/C11H11ClFN5O/c1-2-19-10-7(12)3-6(4-8(10)13)17-18-9(5-14)11(15)16/h3-4,17H,2H2,1H3,(H3,15,16)/b18-9+. The molecule has 0 amide bonds. The van der Waals surface area contributed by atoms with Gasteiger partial charge in [-0.3, -0.25) is 10.8 Å². The first-order chi connectivity index (χ1) is 8.99. The van der Waals surface area contributed by atoms with Crippen molar-refractivity contribution < 1.29 is 9.13 Å². The van der Waals surface area contributed by atoms with Crippen molar-refractivity contribution in [2.75, 3.05) is 12.0 Å². The second-order valence-electron chi connectivity index (χ2n) is 3.30. The molecule has 0 aliphatic rings. The molecule has 0 heterocycles. The number of halogens is 2. The van der Waals surface area contributed by atoms with E-state index in [0.717, 1.165) is 6.07 Å². The number of rotatable bonds is 5. The van der Waals surface area contributed by atoms with Gasteiger partial charge < -0.3 is 10.5 Å². The molecule has 0 radical (unpaired) electrons. The van der Waals surface area contributed by atoms with Crippen molar-refractivity contribution in [1.29, 1.82) is 10.7 Å². The Kier molecular flexibility index (Phi) is 5.09. The Bertz CT molecular complexity index is 544. The first kappa shape index (κ1) is 14.7. The molecule has 4 N–H and O–H groups in total. The van der Waals surface area contributed by atoms with Crippen LogP contribution in [0.1, 0.15) is 6.92 Å². The van der Waals surface area contributed by atoms with Gasteiger partial charge in [-0.25, -0.2) is 4.39 Å². The Morgan fingerprint density at radius 2 is 2.37 bits per heavy atom. The van der Waals surface area contributed by atoms with Crippen molar-refractivity contribution in [3.8, 4) is 11.8 Å². The van der Waals surface area contributed by atoms with E-state index >= 15 is 0 Å². The van der Waals surface area contributed by atoms with Crippen LogP contribution in [0.15, 0.2) is 17.2 Å². The van der Waals surface area contributed by atoms with Gasteiger partial charge in [0.2, 0.25) is 5.71 Å². The van der Waals surface area contributed by atoms with E-state index in [0.29, 0.717) is 0 Å². The van der Waals surface area contributed by atoms with Gasteiger partial charge >= 0.3 is 0 Å². The van der Waals surface area contributed by atoms with Crippen LogP contribution >= 0.6 is 11.6 Å². The van der Waals surface area contributed by atoms with Gasteiger partial charge in [0, 0.05) is 6.07 Å². The van der Waals surface area contributed by atoms with Crippen molar-refractivity contribution in [1.82, 2.24) is 0 Å². The third kappa shape index (κ3) is 3.82. The topological polar surface area (TPSA) is 107 Å². The number of hydrogen-bond donors (Lipinski definition) is 3. The van der Waals surface area contributed by atoms with Crippen LogP contribution in [0, 0.1) is 22.6 Å². The number of nitriles is 1. The number of anilines is 1. The SMILES string of the molecule is CCOc1c(F)cc(N/N=C(\C#N)C(=N)N)cc1Cl. The summed E-state index contributed by atoms with van der Waals surface area (Å²) in [5.74, 6) is -1.20. The van der Waals surface area contributed by atoms with Crippen molar-refractivity contribution in [2.45, 2.75) is 6.92 Å². The van der Waals surface area contributed by atoms with Crippen molar-refractivity contribution in [3.05, 3.63) is 23.0 Å². The second-order valence-corrected chi connectivity index (χ2v) is 3.71. The number of nitrogens with two attached hydrogens (primary N) is 1. The minimum atomic E-state index is -0.659. The highest BCUT2D eigenvalue weighted by Gasteiger charge is 2.11. The van der Waals surface area contributed by atoms with E-state index in [4.69, 9.17) is 32.7 Å². The summed E-state index contributed by atoms with van der Waals surface area (Å²) in [6.07, 6.45) is 0. The smallest absolute Gasteiger partial charge is 0.201 e. The van der Waals surface area contributed by atoms with Crippen LogP contribution in [-0.4, -0.2) is 18.2 Å². The highest BCUT2D eigenvalue weighted by Crippen LogP contribution is 2.31. The molecule has 1 rings (SSSR count). The molecule has 6 nitrogen and oxygen atoms in total. The summed E-state index contributed by atoms with van der Waals surface area (Å²) in [6, 6.07) is 4.11. The van der Waals surface area contributed by atoms with Crippen LogP contribution < -0.4 is 15.9 Å². The van der Waals surface area contributed by atoms with Crippen molar-refractivity contribution in [3.63, 3.8) is 0 Å². The van der Waals surface area contributed by atoms with Crippen molar-refractivity contribution >= 4 is 28.8 Å². The second kappa shape index (κ2) is 6.56. The summed E-state index contributed by atoms with van der Waals surface area (Å²) in [5.41, 5.74) is 7.39. The van der Waals surface area contributed by atoms with E-state index in [-0.39, 0.29) is 28.8 Å². The van der Waals surface area contributed by atoms with E-state index in [2.05, 4.69) is 10.5 Å².